The number of carbonyl (C=O) groups is 1. The summed E-state index contributed by atoms with van der Waals surface area (Å²) in [5.41, 5.74) is 10.2. The molecule has 2 heterocycles. The summed E-state index contributed by atoms with van der Waals surface area (Å²) in [7, 11) is 0. The van der Waals surface area contributed by atoms with Gasteiger partial charge >= 0.3 is 11.7 Å². The van der Waals surface area contributed by atoms with E-state index in [1.165, 1.54) is 12.3 Å². The van der Waals surface area contributed by atoms with Gasteiger partial charge in [-0.15, -0.1) is 0 Å². The summed E-state index contributed by atoms with van der Waals surface area (Å²) in [5, 5.41) is 18.8. The number of carboxylic acids is 1. The minimum absolute atomic E-state index is 0.00154. The smallest absolute Gasteiger partial charge is 0.351 e. The molecule has 0 aromatic carbocycles. The summed E-state index contributed by atoms with van der Waals surface area (Å²) in [6.45, 7) is 0. The minimum atomic E-state index is -1.29. The van der Waals surface area contributed by atoms with E-state index in [2.05, 4.69) is 4.98 Å². The molecule has 9 heteroatoms. The monoisotopic (exact) mass is 270 g/mol. The lowest BCUT2D eigenvalue weighted by molar-refractivity contribution is -0.188. The van der Waals surface area contributed by atoms with Crippen molar-refractivity contribution in [3.05, 3.63) is 22.7 Å². The van der Waals surface area contributed by atoms with Crippen LogP contribution in [0, 0.1) is 0 Å². The number of aliphatic hydroxyl groups excluding tert-OH is 1. The molecule has 9 nitrogen and oxygen atoms in total. The van der Waals surface area contributed by atoms with Gasteiger partial charge in [0.25, 0.3) is 0 Å². The number of hydrogen-bond acceptors (Lipinski definition) is 7. The van der Waals surface area contributed by atoms with Gasteiger partial charge in [0, 0.05) is 12.2 Å². The third kappa shape index (κ3) is 2.57. The number of hydrogen-bond donors (Lipinski definition) is 4. The normalized spacial score (nSPS) is 31.1. The SMILES string of the molecule is Nc1ccn([C@@H]2O[C@H](C(=O)O)[C@@H](N)C[C@H]2O)c(=O)n1. The first-order valence-electron chi connectivity index (χ1n) is 5.56. The number of nitrogens with two attached hydrogens (primary N) is 2. The molecule has 0 radical (unpaired) electrons. The highest BCUT2D eigenvalue weighted by Gasteiger charge is 2.40. The van der Waals surface area contributed by atoms with E-state index in [1.807, 2.05) is 0 Å². The van der Waals surface area contributed by atoms with E-state index >= 15 is 0 Å². The van der Waals surface area contributed by atoms with E-state index in [1.54, 1.807) is 0 Å². The molecule has 19 heavy (non-hydrogen) atoms. The van der Waals surface area contributed by atoms with Crippen molar-refractivity contribution < 1.29 is 19.7 Å². The van der Waals surface area contributed by atoms with Gasteiger partial charge in [0.1, 0.15) is 11.9 Å². The van der Waals surface area contributed by atoms with E-state index in [-0.39, 0.29) is 12.2 Å². The maximum Gasteiger partial charge on any atom is 0.351 e. The fourth-order valence-electron chi connectivity index (χ4n) is 1.97. The molecule has 0 aliphatic carbocycles. The first-order chi connectivity index (χ1) is 8.90. The lowest BCUT2D eigenvalue weighted by Crippen LogP contribution is -2.53. The highest BCUT2D eigenvalue weighted by Crippen LogP contribution is 2.26. The van der Waals surface area contributed by atoms with Gasteiger partial charge in [-0.25, -0.2) is 9.59 Å². The fraction of sp³-hybridized carbons (Fsp3) is 0.500. The highest BCUT2D eigenvalue weighted by molar-refractivity contribution is 5.73. The van der Waals surface area contributed by atoms with Crippen molar-refractivity contribution in [3.8, 4) is 0 Å². The number of rotatable bonds is 2. The molecule has 4 atom stereocenters. The zero-order valence-corrected chi connectivity index (χ0v) is 9.84. The van der Waals surface area contributed by atoms with Gasteiger partial charge in [0.05, 0.1) is 0 Å². The zero-order valence-electron chi connectivity index (χ0n) is 9.84. The van der Waals surface area contributed by atoms with Gasteiger partial charge in [-0.3, -0.25) is 4.57 Å². The van der Waals surface area contributed by atoms with Crippen LogP contribution in [0.5, 0.6) is 0 Å². The molecule has 0 amide bonds. The predicted octanol–water partition coefficient (Wildman–Crippen LogP) is -2.11. The Morgan fingerprint density at radius 2 is 2.26 bits per heavy atom. The average molecular weight is 270 g/mol. The van der Waals surface area contributed by atoms with Crippen LogP contribution in [-0.4, -0.2) is 44.0 Å². The quantitative estimate of drug-likeness (QED) is 0.476. The third-order valence-corrected chi connectivity index (χ3v) is 2.89. The number of ether oxygens (including phenoxy) is 1. The summed E-state index contributed by atoms with van der Waals surface area (Å²) in [4.78, 5) is 26.1. The molecular formula is C10H14N4O5. The van der Waals surface area contributed by atoms with Crippen LogP contribution in [0.1, 0.15) is 12.6 Å². The Bertz CT molecular complexity index is 545. The molecule has 1 saturated heterocycles. The second-order valence-corrected chi connectivity index (χ2v) is 4.29. The molecule has 1 aromatic heterocycles. The van der Waals surface area contributed by atoms with Gasteiger partial charge in [0.2, 0.25) is 0 Å². The molecular weight excluding hydrogens is 256 g/mol. The van der Waals surface area contributed by atoms with Crippen LogP contribution in [0.2, 0.25) is 0 Å². The molecule has 6 N–H and O–H groups in total. The second-order valence-electron chi connectivity index (χ2n) is 4.29. The number of nitrogen functional groups attached to an aromatic ring is 1. The number of carboxylic acid groups (broad SMARTS) is 1. The Balaban J connectivity index is 2.32. The number of anilines is 1. The van der Waals surface area contributed by atoms with E-state index in [0.29, 0.717) is 0 Å². The molecule has 0 spiro atoms. The highest BCUT2D eigenvalue weighted by atomic mass is 16.5. The van der Waals surface area contributed by atoms with Gasteiger partial charge in [-0.05, 0) is 12.5 Å². The standard InChI is InChI=1S/C10H14N4O5/c11-4-3-5(15)8(19-7(4)9(16)17)14-2-1-6(12)13-10(14)18/h1-2,4-5,7-8,15H,3,11H2,(H,16,17)(H2,12,13,18)/t4-,5+,7-,8+/m0/s1. The Labute approximate surface area is 107 Å². The van der Waals surface area contributed by atoms with E-state index in [0.717, 1.165) is 4.57 Å². The van der Waals surface area contributed by atoms with Crippen LogP contribution < -0.4 is 17.2 Å². The lowest BCUT2D eigenvalue weighted by Gasteiger charge is -2.36. The number of nitrogens with zero attached hydrogens (tertiary/aromatic N) is 2. The third-order valence-electron chi connectivity index (χ3n) is 2.89. The summed E-state index contributed by atoms with van der Waals surface area (Å²) >= 11 is 0. The second kappa shape index (κ2) is 4.96. The van der Waals surface area contributed by atoms with E-state index < -0.39 is 36.1 Å². The van der Waals surface area contributed by atoms with Crippen LogP contribution in [0.3, 0.4) is 0 Å². The molecule has 1 fully saturated rings. The van der Waals surface area contributed by atoms with Crippen molar-refractivity contribution in [2.24, 2.45) is 5.73 Å². The Morgan fingerprint density at radius 3 is 2.84 bits per heavy atom. The van der Waals surface area contributed by atoms with E-state index in [9.17, 15) is 14.7 Å². The van der Waals surface area contributed by atoms with Gasteiger partial charge in [-0.2, -0.15) is 4.98 Å². The maximum atomic E-state index is 11.6. The lowest BCUT2D eigenvalue weighted by atomic mass is 9.99. The topological polar surface area (TPSA) is 154 Å². The van der Waals surface area contributed by atoms with Crippen molar-refractivity contribution in [3.63, 3.8) is 0 Å². The average Bonchev–Trinajstić information content (AvgIpc) is 2.30. The zero-order chi connectivity index (χ0) is 14.2. The van der Waals surface area contributed by atoms with Crippen molar-refractivity contribution >= 4 is 11.8 Å². The fourth-order valence-corrected chi connectivity index (χ4v) is 1.97. The first-order valence-corrected chi connectivity index (χ1v) is 5.56. The molecule has 0 saturated carbocycles. The molecule has 1 aliphatic heterocycles. The van der Waals surface area contributed by atoms with Gasteiger partial charge < -0.3 is 26.4 Å². The Morgan fingerprint density at radius 1 is 1.58 bits per heavy atom. The first kappa shape index (κ1) is 13.5. The van der Waals surface area contributed by atoms with Crippen LogP contribution >= 0.6 is 0 Å². The summed E-state index contributed by atoms with van der Waals surface area (Å²) in [5.74, 6) is -1.22. The summed E-state index contributed by atoms with van der Waals surface area (Å²) in [6, 6.07) is 0.503. The summed E-state index contributed by atoms with van der Waals surface area (Å²) < 4.78 is 6.18. The van der Waals surface area contributed by atoms with Crippen LogP contribution in [0.15, 0.2) is 17.1 Å². The molecule has 2 rings (SSSR count). The maximum absolute atomic E-state index is 11.6. The molecule has 0 unspecified atom stereocenters. The number of aliphatic carboxylic acids is 1. The number of aliphatic hydroxyl groups is 1. The number of aromatic nitrogens is 2. The Kier molecular flexibility index (Phi) is 3.51. The van der Waals surface area contributed by atoms with Crippen molar-refractivity contribution in [2.45, 2.75) is 30.9 Å². The van der Waals surface area contributed by atoms with Gasteiger partial charge in [0.15, 0.2) is 12.3 Å². The minimum Gasteiger partial charge on any atom is -0.479 e. The van der Waals surface area contributed by atoms with Crippen LogP contribution in [-0.2, 0) is 9.53 Å². The summed E-state index contributed by atoms with van der Waals surface area (Å²) in [6.07, 6.45) is -2.26. The van der Waals surface area contributed by atoms with Crippen molar-refractivity contribution in [1.82, 2.24) is 9.55 Å². The molecule has 1 aliphatic rings. The van der Waals surface area contributed by atoms with Gasteiger partial charge in [-0.1, -0.05) is 0 Å². The molecule has 1 aromatic rings. The van der Waals surface area contributed by atoms with E-state index in [4.69, 9.17) is 21.3 Å². The molecule has 0 bridgehead atoms. The van der Waals surface area contributed by atoms with Crippen LogP contribution in [0.4, 0.5) is 5.82 Å². The largest absolute Gasteiger partial charge is 0.479 e. The Hall–Kier alpha value is -1.97. The van der Waals surface area contributed by atoms with Crippen LogP contribution in [0.25, 0.3) is 0 Å². The van der Waals surface area contributed by atoms with Crippen molar-refractivity contribution in [2.75, 3.05) is 5.73 Å². The predicted molar refractivity (Wildman–Crippen MR) is 63.1 cm³/mol. The molecule has 104 valence electrons. The van der Waals surface area contributed by atoms with Crippen molar-refractivity contribution in [1.29, 1.82) is 0 Å².